The summed E-state index contributed by atoms with van der Waals surface area (Å²) in [6.45, 7) is 0.447. The van der Waals surface area contributed by atoms with Crippen molar-refractivity contribution in [3.8, 4) is 5.75 Å². The second kappa shape index (κ2) is 10.5. The van der Waals surface area contributed by atoms with Crippen LogP contribution in [-0.4, -0.2) is 58.5 Å². The summed E-state index contributed by atoms with van der Waals surface area (Å²) in [5.41, 5.74) is 2.06. The second-order valence-corrected chi connectivity index (χ2v) is 9.74. The topological polar surface area (TPSA) is 116 Å². The van der Waals surface area contributed by atoms with Crippen LogP contribution < -0.4 is 15.4 Å². The minimum atomic E-state index is -0.600. The summed E-state index contributed by atoms with van der Waals surface area (Å²) in [7, 11) is 1.55. The molecule has 1 saturated heterocycles. The van der Waals surface area contributed by atoms with E-state index in [0.717, 1.165) is 24.1 Å². The van der Waals surface area contributed by atoms with E-state index in [1.54, 1.807) is 31.8 Å². The maximum atomic E-state index is 13.1. The smallest absolute Gasteiger partial charge is 0.325 e. The van der Waals surface area contributed by atoms with Crippen molar-refractivity contribution >= 4 is 17.8 Å². The lowest BCUT2D eigenvalue weighted by Gasteiger charge is -2.42. The summed E-state index contributed by atoms with van der Waals surface area (Å²) in [5, 5.41) is 5.95. The summed E-state index contributed by atoms with van der Waals surface area (Å²) in [5.74, 6) is 0.139. The standard InChI is InChI=1S/C28H31N5O4/c1-37-24-10-6-5-9-22(24)25(34)30-17-28(19-7-3-2-4-8-19)13-11-21(12-14-28)33-26(35)23(32-27(33)36)15-20-16-29-18-31-20/h2-10,16,18,21,23H,11-15,17H2,1H3,(H,29,31)(H,30,34)(H,32,36)/t21-,23-,28-/m0/s1. The SMILES string of the molecule is COc1ccccc1C(=O)NC[C@]1(c2ccccc2)CC[C@H](N2C(=O)N[C@@H](Cc3c[nH]cn3)C2=O)CC1. The van der Waals surface area contributed by atoms with E-state index in [0.29, 0.717) is 37.1 Å². The highest BCUT2D eigenvalue weighted by molar-refractivity contribution is 6.04. The lowest BCUT2D eigenvalue weighted by atomic mass is 9.67. The molecule has 4 amide bonds. The molecule has 1 aromatic heterocycles. The largest absolute Gasteiger partial charge is 0.496 e. The number of carbonyl (C=O) groups is 3. The first-order chi connectivity index (χ1) is 18.0. The van der Waals surface area contributed by atoms with Gasteiger partial charge in [-0.1, -0.05) is 42.5 Å². The van der Waals surface area contributed by atoms with Gasteiger partial charge in [-0.25, -0.2) is 9.78 Å². The number of methoxy groups -OCH3 is 1. The van der Waals surface area contributed by atoms with E-state index in [9.17, 15) is 14.4 Å². The number of para-hydroxylation sites is 1. The zero-order valence-electron chi connectivity index (χ0n) is 20.8. The Bertz CT molecular complexity index is 1250. The molecule has 0 unspecified atom stereocenters. The van der Waals surface area contributed by atoms with Gasteiger partial charge in [-0.2, -0.15) is 0 Å². The molecule has 5 rings (SSSR count). The Morgan fingerprint density at radius 1 is 1.11 bits per heavy atom. The lowest BCUT2D eigenvalue weighted by molar-refractivity contribution is -0.129. The molecule has 9 heteroatoms. The minimum Gasteiger partial charge on any atom is -0.496 e. The molecule has 37 heavy (non-hydrogen) atoms. The summed E-state index contributed by atoms with van der Waals surface area (Å²) in [4.78, 5) is 47.4. The van der Waals surface area contributed by atoms with Gasteiger partial charge in [0.25, 0.3) is 11.8 Å². The molecule has 2 aliphatic rings. The summed E-state index contributed by atoms with van der Waals surface area (Å²) in [6.07, 6.45) is 6.44. The third-order valence-electron chi connectivity index (χ3n) is 7.62. The number of nitrogens with one attached hydrogen (secondary N) is 3. The molecule has 192 valence electrons. The van der Waals surface area contributed by atoms with Crippen LogP contribution in [0, 0.1) is 0 Å². The fourth-order valence-corrected chi connectivity index (χ4v) is 5.59. The number of ether oxygens (including phenoxy) is 1. The Morgan fingerprint density at radius 2 is 1.84 bits per heavy atom. The van der Waals surface area contributed by atoms with Gasteiger partial charge in [0, 0.05) is 30.6 Å². The highest BCUT2D eigenvalue weighted by atomic mass is 16.5. The monoisotopic (exact) mass is 501 g/mol. The third-order valence-corrected chi connectivity index (χ3v) is 7.62. The average molecular weight is 502 g/mol. The molecule has 0 spiro atoms. The normalized spacial score (nSPS) is 23.5. The van der Waals surface area contributed by atoms with Crippen LogP contribution >= 0.6 is 0 Å². The number of imidazole rings is 1. The van der Waals surface area contributed by atoms with Crippen LogP contribution in [0.3, 0.4) is 0 Å². The minimum absolute atomic E-state index is 0.182. The summed E-state index contributed by atoms with van der Waals surface area (Å²) < 4.78 is 5.36. The molecule has 0 radical (unpaired) electrons. The van der Waals surface area contributed by atoms with E-state index in [2.05, 4.69) is 32.7 Å². The van der Waals surface area contributed by atoms with Crippen LogP contribution in [0.25, 0.3) is 0 Å². The molecule has 2 aromatic carbocycles. The third kappa shape index (κ3) is 4.94. The zero-order valence-corrected chi connectivity index (χ0v) is 20.8. The van der Waals surface area contributed by atoms with Gasteiger partial charge < -0.3 is 20.4 Å². The molecule has 3 N–H and O–H groups in total. The number of carbonyl (C=O) groups excluding carboxylic acids is 3. The van der Waals surface area contributed by atoms with Crippen molar-refractivity contribution in [2.45, 2.75) is 49.6 Å². The number of aromatic nitrogens is 2. The Kier molecular flexibility index (Phi) is 6.94. The van der Waals surface area contributed by atoms with E-state index in [1.807, 2.05) is 30.3 Å². The molecule has 0 bridgehead atoms. The Hall–Kier alpha value is -4.14. The highest BCUT2D eigenvalue weighted by Gasteiger charge is 2.46. The number of aromatic amines is 1. The second-order valence-electron chi connectivity index (χ2n) is 9.74. The van der Waals surface area contributed by atoms with E-state index in [-0.39, 0.29) is 29.3 Å². The number of H-pyrrole nitrogens is 1. The van der Waals surface area contributed by atoms with E-state index >= 15 is 0 Å². The number of rotatable bonds is 8. The van der Waals surface area contributed by atoms with E-state index in [1.165, 1.54) is 4.90 Å². The van der Waals surface area contributed by atoms with Crippen LogP contribution in [0.15, 0.2) is 67.1 Å². The molecular weight excluding hydrogens is 470 g/mol. The van der Waals surface area contributed by atoms with Crippen molar-refractivity contribution < 1.29 is 19.1 Å². The number of imide groups is 1. The van der Waals surface area contributed by atoms with Gasteiger partial charge in [0.15, 0.2) is 0 Å². The number of nitrogens with zero attached hydrogens (tertiary/aromatic N) is 2. The van der Waals surface area contributed by atoms with Crippen LogP contribution in [-0.2, 0) is 16.6 Å². The molecule has 1 aliphatic heterocycles. The van der Waals surface area contributed by atoms with E-state index in [4.69, 9.17) is 4.74 Å². The highest BCUT2D eigenvalue weighted by Crippen LogP contribution is 2.41. The number of hydrogen-bond donors (Lipinski definition) is 3. The molecule has 9 nitrogen and oxygen atoms in total. The van der Waals surface area contributed by atoms with Gasteiger partial charge in [0.2, 0.25) is 0 Å². The quantitative estimate of drug-likeness (QED) is 0.410. The maximum Gasteiger partial charge on any atom is 0.325 e. The molecule has 3 aromatic rings. The zero-order chi connectivity index (χ0) is 25.8. The molecule has 1 saturated carbocycles. The maximum absolute atomic E-state index is 13.1. The summed E-state index contributed by atoms with van der Waals surface area (Å²) in [6, 6.07) is 16.2. The fourth-order valence-electron chi connectivity index (χ4n) is 5.59. The van der Waals surface area contributed by atoms with Crippen LogP contribution in [0.5, 0.6) is 5.75 Å². The van der Waals surface area contributed by atoms with Crippen molar-refractivity contribution in [3.63, 3.8) is 0 Å². The van der Waals surface area contributed by atoms with Crippen LogP contribution in [0.1, 0.15) is 47.3 Å². The van der Waals surface area contributed by atoms with Crippen molar-refractivity contribution in [3.05, 3.63) is 83.9 Å². The molecule has 2 heterocycles. The fraction of sp³-hybridized carbons (Fsp3) is 0.357. The van der Waals surface area contributed by atoms with Crippen molar-refractivity contribution in [1.82, 2.24) is 25.5 Å². The molecular formula is C28H31N5O4. The molecule has 1 aliphatic carbocycles. The summed E-state index contributed by atoms with van der Waals surface area (Å²) >= 11 is 0. The Balaban J connectivity index is 1.29. The van der Waals surface area contributed by atoms with Gasteiger partial charge in [-0.15, -0.1) is 0 Å². The first-order valence-corrected chi connectivity index (χ1v) is 12.6. The lowest BCUT2D eigenvalue weighted by Crippen LogP contribution is -2.49. The predicted molar refractivity (Wildman–Crippen MR) is 137 cm³/mol. The average Bonchev–Trinajstić information content (AvgIpc) is 3.55. The Morgan fingerprint density at radius 3 is 2.54 bits per heavy atom. The number of hydrogen-bond acceptors (Lipinski definition) is 5. The van der Waals surface area contributed by atoms with Crippen molar-refractivity contribution in [1.29, 1.82) is 0 Å². The Labute approximate surface area is 215 Å². The van der Waals surface area contributed by atoms with Gasteiger partial charge in [-0.05, 0) is 43.4 Å². The first kappa shape index (κ1) is 24.5. The van der Waals surface area contributed by atoms with Gasteiger partial charge in [0.1, 0.15) is 11.8 Å². The predicted octanol–water partition coefficient (Wildman–Crippen LogP) is 3.19. The van der Waals surface area contributed by atoms with Crippen LogP contribution in [0.2, 0.25) is 0 Å². The van der Waals surface area contributed by atoms with Crippen molar-refractivity contribution in [2.24, 2.45) is 0 Å². The van der Waals surface area contributed by atoms with Crippen LogP contribution in [0.4, 0.5) is 4.79 Å². The molecule has 1 atom stereocenters. The number of amides is 4. The van der Waals surface area contributed by atoms with E-state index < -0.39 is 6.04 Å². The number of benzene rings is 2. The number of urea groups is 1. The van der Waals surface area contributed by atoms with Gasteiger partial charge in [-0.3, -0.25) is 14.5 Å². The van der Waals surface area contributed by atoms with Crippen molar-refractivity contribution in [2.75, 3.05) is 13.7 Å². The van der Waals surface area contributed by atoms with Gasteiger partial charge >= 0.3 is 6.03 Å². The van der Waals surface area contributed by atoms with Gasteiger partial charge in [0.05, 0.1) is 24.7 Å². The first-order valence-electron chi connectivity index (χ1n) is 12.6. The molecule has 2 fully saturated rings.